The predicted octanol–water partition coefficient (Wildman–Crippen LogP) is 1.43. The molecule has 0 saturated carbocycles. The lowest BCUT2D eigenvalue weighted by Gasteiger charge is -2.17. The van der Waals surface area contributed by atoms with Crippen LogP contribution in [0.1, 0.15) is 27.2 Å². The van der Waals surface area contributed by atoms with Crippen molar-refractivity contribution in [3.8, 4) is 0 Å². The summed E-state index contributed by atoms with van der Waals surface area (Å²) < 4.78 is 11.0. The first-order chi connectivity index (χ1) is 6.68. The van der Waals surface area contributed by atoms with Crippen LogP contribution in [0.5, 0.6) is 0 Å². The highest BCUT2D eigenvalue weighted by Crippen LogP contribution is 2.09. The van der Waals surface area contributed by atoms with Gasteiger partial charge in [0.05, 0.1) is 19.3 Å². The summed E-state index contributed by atoms with van der Waals surface area (Å²) in [5.41, 5.74) is 0. The highest BCUT2D eigenvalue weighted by Gasteiger charge is 2.16. The lowest BCUT2D eigenvalue weighted by Crippen LogP contribution is -2.30. The van der Waals surface area contributed by atoms with Gasteiger partial charge in [-0.15, -0.1) is 0 Å². The van der Waals surface area contributed by atoms with Crippen LogP contribution < -0.4 is 5.32 Å². The van der Waals surface area contributed by atoms with E-state index in [1.165, 1.54) is 0 Å². The Morgan fingerprint density at radius 2 is 2.21 bits per heavy atom. The molecule has 1 aliphatic rings. The highest BCUT2D eigenvalue weighted by atomic mass is 16.5. The van der Waals surface area contributed by atoms with Crippen molar-refractivity contribution in [1.82, 2.24) is 5.32 Å². The van der Waals surface area contributed by atoms with Crippen molar-refractivity contribution in [3.05, 3.63) is 0 Å². The normalized spacial score (nSPS) is 24.4. The van der Waals surface area contributed by atoms with Crippen molar-refractivity contribution < 1.29 is 9.47 Å². The molecule has 1 rings (SSSR count). The first-order valence-electron chi connectivity index (χ1n) is 5.61. The minimum atomic E-state index is 0.344. The predicted molar refractivity (Wildman–Crippen MR) is 57.5 cm³/mol. The molecule has 0 bridgehead atoms. The summed E-state index contributed by atoms with van der Waals surface area (Å²) in [6.45, 7) is 10.1. The topological polar surface area (TPSA) is 30.5 Å². The molecule has 3 heteroatoms. The summed E-state index contributed by atoms with van der Waals surface area (Å²) in [5, 5.41) is 3.41. The van der Waals surface area contributed by atoms with Crippen LogP contribution in [0.2, 0.25) is 0 Å². The van der Waals surface area contributed by atoms with Gasteiger partial charge in [-0.25, -0.2) is 0 Å². The average molecular weight is 201 g/mol. The Bertz CT molecular complexity index is 144. The van der Waals surface area contributed by atoms with E-state index < -0.39 is 0 Å². The second kappa shape index (κ2) is 6.38. The van der Waals surface area contributed by atoms with Crippen molar-refractivity contribution in [1.29, 1.82) is 0 Å². The molecule has 1 N–H and O–H groups in total. The molecule has 0 amide bonds. The molecule has 1 heterocycles. The average Bonchev–Trinajstić information content (AvgIpc) is 2.63. The summed E-state index contributed by atoms with van der Waals surface area (Å²) in [6, 6.07) is 0.562. The molecule has 84 valence electrons. The molecule has 0 aliphatic carbocycles. The van der Waals surface area contributed by atoms with Gasteiger partial charge in [0.15, 0.2) is 0 Å². The molecule has 3 nitrogen and oxygen atoms in total. The third kappa shape index (κ3) is 4.94. The molecule has 0 spiro atoms. The molecule has 1 saturated heterocycles. The van der Waals surface area contributed by atoms with E-state index in [1.807, 2.05) is 0 Å². The van der Waals surface area contributed by atoms with Gasteiger partial charge in [0.1, 0.15) is 0 Å². The Morgan fingerprint density at radius 3 is 2.79 bits per heavy atom. The molecule has 2 atom stereocenters. The van der Waals surface area contributed by atoms with Crippen LogP contribution in [0.15, 0.2) is 0 Å². The SMILES string of the molecule is CC(CNC(C)C)COC1CCOC1. The fraction of sp³-hybridized carbons (Fsp3) is 1.00. The van der Waals surface area contributed by atoms with E-state index in [4.69, 9.17) is 9.47 Å². The van der Waals surface area contributed by atoms with Crippen molar-refractivity contribution >= 4 is 0 Å². The Hall–Kier alpha value is -0.120. The molecule has 0 radical (unpaired) electrons. The standard InChI is InChI=1S/C11H23NO2/c1-9(2)12-6-10(3)7-14-11-4-5-13-8-11/h9-12H,4-8H2,1-3H3. The number of hydrogen-bond acceptors (Lipinski definition) is 3. The number of rotatable bonds is 6. The van der Waals surface area contributed by atoms with E-state index in [-0.39, 0.29) is 0 Å². The van der Waals surface area contributed by atoms with Crippen LogP contribution in [0.3, 0.4) is 0 Å². The van der Waals surface area contributed by atoms with E-state index in [1.54, 1.807) is 0 Å². The number of nitrogens with one attached hydrogen (secondary N) is 1. The van der Waals surface area contributed by atoms with Gasteiger partial charge in [-0.3, -0.25) is 0 Å². The fourth-order valence-corrected chi connectivity index (χ4v) is 1.44. The molecule has 0 aromatic heterocycles. The van der Waals surface area contributed by atoms with Gasteiger partial charge in [-0.05, 0) is 12.3 Å². The molecular weight excluding hydrogens is 178 g/mol. The zero-order valence-corrected chi connectivity index (χ0v) is 9.58. The maximum atomic E-state index is 5.73. The first kappa shape index (κ1) is 12.0. The van der Waals surface area contributed by atoms with E-state index in [9.17, 15) is 0 Å². The van der Waals surface area contributed by atoms with Gasteiger partial charge in [0, 0.05) is 19.2 Å². The highest BCUT2D eigenvalue weighted by molar-refractivity contribution is 4.65. The minimum absolute atomic E-state index is 0.344. The molecule has 14 heavy (non-hydrogen) atoms. The second-order valence-corrected chi connectivity index (χ2v) is 4.49. The van der Waals surface area contributed by atoms with Crippen molar-refractivity contribution in [2.75, 3.05) is 26.4 Å². The van der Waals surface area contributed by atoms with Crippen LogP contribution in [-0.2, 0) is 9.47 Å². The van der Waals surface area contributed by atoms with Crippen LogP contribution >= 0.6 is 0 Å². The lowest BCUT2D eigenvalue weighted by atomic mass is 10.2. The largest absolute Gasteiger partial charge is 0.379 e. The molecule has 0 aromatic carbocycles. The third-order valence-corrected chi connectivity index (χ3v) is 2.38. The second-order valence-electron chi connectivity index (χ2n) is 4.49. The van der Waals surface area contributed by atoms with E-state index in [2.05, 4.69) is 26.1 Å². The Morgan fingerprint density at radius 1 is 1.43 bits per heavy atom. The first-order valence-corrected chi connectivity index (χ1v) is 5.61. The Kier molecular flexibility index (Phi) is 5.45. The smallest absolute Gasteiger partial charge is 0.0830 e. The quantitative estimate of drug-likeness (QED) is 0.705. The van der Waals surface area contributed by atoms with Gasteiger partial charge in [-0.1, -0.05) is 20.8 Å². The van der Waals surface area contributed by atoms with Gasteiger partial charge in [0.2, 0.25) is 0 Å². The number of ether oxygens (including phenoxy) is 2. The molecule has 1 fully saturated rings. The summed E-state index contributed by atoms with van der Waals surface area (Å²) in [7, 11) is 0. The zero-order chi connectivity index (χ0) is 10.4. The molecule has 2 unspecified atom stereocenters. The van der Waals surface area contributed by atoms with Crippen LogP contribution in [0.4, 0.5) is 0 Å². The monoisotopic (exact) mass is 201 g/mol. The van der Waals surface area contributed by atoms with Crippen molar-refractivity contribution in [2.45, 2.75) is 39.3 Å². The fourth-order valence-electron chi connectivity index (χ4n) is 1.44. The van der Waals surface area contributed by atoms with Crippen LogP contribution in [0.25, 0.3) is 0 Å². The van der Waals surface area contributed by atoms with E-state index in [0.29, 0.717) is 18.1 Å². The van der Waals surface area contributed by atoms with Crippen molar-refractivity contribution in [3.63, 3.8) is 0 Å². The van der Waals surface area contributed by atoms with Gasteiger partial charge in [0.25, 0.3) is 0 Å². The summed E-state index contributed by atoms with van der Waals surface area (Å²) in [6.07, 6.45) is 1.40. The summed E-state index contributed by atoms with van der Waals surface area (Å²) in [4.78, 5) is 0. The minimum Gasteiger partial charge on any atom is -0.379 e. The third-order valence-electron chi connectivity index (χ3n) is 2.38. The lowest BCUT2D eigenvalue weighted by molar-refractivity contribution is 0.0249. The van der Waals surface area contributed by atoms with Crippen LogP contribution in [-0.4, -0.2) is 38.5 Å². The molecule has 0 aromatic rings. The van der Waals surface area contributed by atoms with Crippen molar-refractivity contribution in [2.24, 2.45) is 5.92 Å². The Balaban J connectivity index is 1.99. The van der Waals surface area contributed by atoms with Gasteiger partial charge < -0.3 is 14.8 Å². The maximum Gasteiger partial charge on any atom is 0.0830 e. The van der Waals surface area contributed by atoms with Gasteiger partial charge >= 0.3 is 0 Å². The maximum absolute atomic E-state index is 5.73. The summed E-state index contributed by atoms with van der Waals surface area (Å²) in [5.74, 6) is 0.581. The zero-order valence-electron chi connectivity index (χ0n) is 9.58. The number of hydrogen-bond donors (Lipinski definition) is 1. The van der Waals surface area contributed by atoms with Crippen LogP contribution in [0, 0.1) is 5.92 Å². The molecule has 1 aliphatic heterocycles. The summed E-state index contributed by atoms with van der Waals surface area (Å²) >= 11 is 0. The molecular formula is C11H23NO2. The Labute approximate surface area is 87.2 Å². The van der Waals surface area contributed by atoms with Gasteiger partial charge in [-0.2, -0.15) is 0 Å². The van der Waals surface area contributed by atoms with E-state index in [0.717, 1.165) is 32.8 Å². The van der Waals surface area contributed by atoms with E-state index >= 15 is 0 Å².